The first-order chi connectivity index (χ1) is 9.79. The van der Waals surface area contributed by atoms with Crippen LogP contribution in [0.1, 0.15) is 5.56 Å². The quantitative estimate of drug-likeness (QED) is 0.841. The molecule has 0 bridgehead atoms. The number of sulfonamides is 1. The van der Waals surface area contributed by atoms with Crippen LogP contribution in [0.5, 0.6) is 0 Å². The molecule has 112 valence electrons. The van der Waals surface area contributed by atoms with Gasteiger partial charge in [-0.05, 0) is 17.7 Å². The molecule has 0 radical (unpaired) electrons. The summed E-state index contributed by atoms with van der Waals surface area (Å²) in [6.45, 7) is -0.134. The average Bonchev–Trinajstić information content (AvgIpc) is 2.63. The Labute approximate surface area is 125 Å². The first kappa shape index (κ1) is 14.3. The van der Waals surface area contributed by atoms with Crippen molar-refractivity contribution in [2.75, 3.05) is 18.4 Å². The number of carbonyl (C=O) groups excluding carboxylic acids is 1. The topological polar surface area (TPSA) is 104 Å². The van der Waals surface area contributed by atoms with Crippen molar-refractivity contribution in [3.8, 4) is 0 Å². The third-order valence-corrected chi connectivity index (χ3v) is 5.89. The Hall–Kier alpha value is -1.64. The SMILES string of the molecule is O=C1Cc2cc(S(=O)(=O)N3CC(C(=O)O)C3)c(Cl)cc2N1. The Balaban J connectivity index is 1.92. The van der Waals surface area contributed by atoms with Gasteiger partial charge in [-0.2, -0.15) is 4.31 Å². The summed E-state index contributed by atoms with van der Waals surface area (Å²) in [4.78, 5) is 22.0. The number of amides is 1. The van der Waals surface area contributed by atoms with Gasteiger partial charge in [-0.15, -0.1) is 0 Å². The van der Waals surface area contributed by atoms with E-state index in [9.17, 15) is 18.0 Å². The molecule has 1 saturated heterocycles. The number of benzene rings is 1. The Morgan fingerprint density at radius 3 is 2.67 bits per heavy atom. The van der Waals surface area contributed by atoms with Gasteiger partial charge in [0.2, 0.25) is 15.9 Å². The van der Waals surface area contributed by atoms with Crippen LogP contribution >= 0.6 is 11.6 Å². The van der Waals surface area contributed by atoms with Gasteiger partial charge in [-0.3, -0.25) is 9.59 Å². The van der Waals surface area contributed by atoms with Crippen molar-refractivity contribution in [1.82, 2.24) is 4.31 Å². The molecule has 0 spiro atoms. The maximum atomic E-state index is 12.4. The number of carboxylic acids is 1. The maximum Gasteiger partial charge on any atom is 0.309 e. The highest BCUT2D eigenvalue weighted by molar-refractivity contribution is 7.89. The summed E-state index contributed by atoms with van der Waals surface area (Å²) in [5.41, 5.74) is 1.08. The molecule has 1 aromatic rings. The van der Waals surface area contributed by atoms with Crippen molar-refractivity contribution in [3.05, 3.63) is 22.7 Å². The second-order valence-electron chi connectivity index (χ2n) is 5.02. The summed E-state index contributed by atoms with van der Waals surface area (Å²) in [6, 6.07) is 2.78. The smallest absolute Gasteiger partial charge is 0.309 e. The molecule has 3 rings (SSSR count). The Morgan fingerprint density at radius 1 is 1.38 bits per heavy atom. The molecule has 0 saturated carbocycles. The summed E-state index contributed by atoms with van der Waals surface area (Å²) in [5, 5.41) is 11.4. The largest absolute Gasteiger partial charge is 0.481 e. The van der Waals surface area contributed by atoms with E-state index in [-0.39, 0.29) is 35.3 Å². The van der Waals surface area contributed by atoms with Gasteiger partial charge >= 0.3 is 5.97 Å². The molecule has 2 aliphatic rings. The van der Waals surface area contributed by atoms with Crippen LogP contribution in [0.15, 0.2) is 17.0 Å². The molecule has 0 aromatic heterocycles. The fourth-order valence-corrected chi connectivity index (χ4v) is 4.44. The molecule has 1 amide bonds. The molecule has 0 atom stereocenters. The van der Waals surface area contributed by atoms with Crippen LogP contribution in [-0.2, 0) is 26.0 Å². The van der Waals surface area contributed by atoms with Gasteiger partial charge in [0.15, 0.2) is 0 Å². The number of hydrogen-bond acceptors (Lipinski definition) is 4. The third-order valence-electron chi connectivity index (χ3n) is 3.60. The molecule has 7 nitrogen and oxygen atoms in total. The number of carbonyl (C=O) groups is 2. The van der Waals surface area contributed by atoms with E-state index in [0.717, 1.165) is 4.31 Å². The zero-order chi connectivity index (χ0) is 15.4. The number of nitrogens with one attached hydrogen (secondary N) is 1. The molecule has 1 aromatic carbocycles. The molecule has 9 heteroatoms. The van der Waals surface area contributed by atoms with Crippen molar-refractivity contribution < 1.29 is 23.1 Å². The first-order valence-corrected chi connectivity index (χ1v) is 7.96. The molecule has 2 aliphatic heterocycles. The monoisotopic (exact) mass is 330 g/mol. The van der Waals surface area contributed by atoms with Gasteiger partial charge in [0.1, 0.15) is 4.90 Å². The van der Waals surface area contributed by atoms with Crippen LogP contribution in [-0.4, -0.2) is 42.8 Å². The molecule has 2 heterocycles. The van der Waals surface area contributed by atoms with Crippen molar-refractivity contribution in [3.63, 3.8) is 0 Å². The summed E-state index contributed by atoms with van der Waals surface area (Å²) in [6.07, 6.45) is 0.104. The van der Waals surface area contributed by atoms with Crippen molar-refractivity contribution >= 4 is 39.2 Å². The minimum atomic E-state index is -3.84. The predicted molar refractivity (Wildman–Crippen MR) is 73.7 cm³/mol. The molecule has 0 aliphatic carbocycles. The minimum absolute atomic E-state index is 0.00900. The zero-order valence-corrected chi connectivity index (χ0v) is 12.2. The standard InChI is InChI=1S/C12H11ClN2O5S/c13-8-3-9-6(2-11(16)14-9)1-10(8)21(19,20)15-4-7(5-15)12(17)18/h1,3,7H,2,4-5H2,(H,14,16)(H,17,18). The molecular weight excluding hydrogens is 320 g/mol. The number of nitrogens with zero attached hydrogens (tertiary/aromatic N) is 1. The molecule has 21 heavy (non-hydrogen) atoms. The Bertz CT molecular complexity index is 755. The zero-order valence-electron chi connectivity index (χ0n) is 10.7. The van der Waals surface area contributed by atoms with E-state index in [1.165, 1.54) is 12.1 Å². The van der Waals surface area contributed by atoms with Crippen molar-refractivity contribution in [1.29, 1.82) is 0 Å². The van der Waals surface area contributed by atoms with Gasteiger partial charge in [0, 0.05) is 18.8 Å². The minimum Gasteiger partial charge on any atom is -0.481 e. The first-order valence-electron chi connectivity index (χ1n) is 6.14. The van der Waals surface area contributed by atoms with E-state index in [1.54, 1.807) is 0 Å². The number of anilines is 1. The molecule has 1 fully saturated rings. The summed E-state index contributed by atoms with van der Waals surface area (Å²) in [7, 11) is -3.84. The maximum absolute atomic E-state index is 12.4. The lowest BCUT2D eigenvalue weighted by molar-refractivity contribution is -0.145. The summed E-state index contributed by atoms with van der Waals surface area (Å²) < 4.78 is 25.9. The lowest BCUT2D eigenvalue weighted by atomic mass is 10.0. The van der Waals surface area contributed by atoms with Gasteiger partial charge in [-0.25, -0.2) is 8.42 Å². The fourth-order valence-electron chi connectivity index (χ4n) is 2.35. The fraction of sp³-hybridized carbons (Fsp3) is 0.333. The van der Waals surface area contributed by atoms with Gasteiger partial charge in [-0.1, -0.05) is 11.6 Å². The number of hydrogen-bond donors (Lipinski definition) is 2. The van der Waals surface area contributed by atoms with E-state index in [4.69, 9.17) is 16.7 Å². The van der Waals surface area contributed by atoms with E-state index in [0.29, 0.717) is 11.3 Å². The van der Waals surface area contributed by atoms with E-state index in [2.05, 4.69) is 5.32 Å². The van der Waals surface area contributed by atoms with Gasteiger partial charge in [0.05, 0.1) is 17.4 Å². The highest BCUT2D eigenvalue weighted by Crippen LogP contribution is 2.35. The van der Waals surface area contributed by atoms with E-state index in [1.807, 2.05) is 0 Å². The average molecular weight is 331 g/mol. The molecular formula is C12H11ClN2O5S. The number of rotatable bonds is 3. The molecule has 2 N–H and O–H groups in total. The second-order valence-corrected chi connectivity index (χ2v) is 7.34. The Kier molecular flexibility index (Phi) is 3.19. The summed E-state index contributed by atoms with van der Waals surface area (Å²) in [5.74, 6) is -1.92. The van der Waals surface area contributed by atoms with E-state index >= 15 is 0 Å². The number of halogens is 1. The van der Waals surface area contributed by atoms with Crippen LogP contribution < -0.4 is 5.32 Å². The van der Waals surface area contributed by atoms with Gasteiger partial charge < -0.3 is 10.4 Å². The summed E-state index contributed by atoms with van der Waals surface area (Å²) >= 11 is 5.99. The lowest BCUT2D eigenvalue weighted by Gasteiger charge is -2.35. The van der Waals surface area contributed by atoms with E-state index < -0.39 is 21.9 Å². The Morgan fingerprint density at radius 2 is 2.05 bits per heavy atom. The van der Waals surface area contributed by atoms with Gasteiger partial charge in [0.25, 0.3) is 0 Å². The lowest BCUT2D eigenvalue weighted by Crippen LogP contribution is -2.52. The molecule has 0 unspecified atom stereocenters. The van der Waals surface area contributed by atoms with Crippen LogP contribution in [0.4, 0.5) is 5.69 Å². The third kappa shape index (κ3) is 2.29. The highest BCUT2D eigenvalue weighted by Gasteiger charge is 2.41. The van der Waals surface area contributed by atoms with Crippen LogP contribution in [0, 0.1) is 5.92 Å². The van der Waals surface area contributed by atoms with Crippen LogP contribution in [0.2, 0.25) is 5.02 Å². The van der Waals surface area contributed by atoms with Crippen LogP contribution in [0.3, 0.4) is 0 Å². The highest BCUT2D eigenvalue weighted by atomic mass is 35.5. The second kappa shape index (κ2) is 4.69. The number of fused-ring (bicyclic) bond motifs is 1. The number of carboxylic acid groups (broad SMARTS) is 1. The predicted octanol–water partition coefficient (Wildman–Crippen LogP) is 0.540. The van der Waals surface area contributed by atoms with Crippen LogP contribution in [0.25, 0.3) is 0 Å². The van der Waals surface area contributed by atoms with Crippen molar-refractivity contribution in [2.45, 2.75) is 11.3 Å². The normalized spacial score (nSPS) is 19.0. The van der Waals surface area contributed by atoms with Crippen molar-refractivity contribution in [2.24, 2.45) is 5.92 Å². The number of aliphatic carboxylic acids is 1.